The van der Waals surface area contributed by atoms with Crippen LogP contribution in [0, 0.1) is 0 Å². The Balaban J connectivity index is 1.99. The van der Waals surface area contributed by atoms with Crippen LogP contribution in [0.1, 0.15) is 18.4 Å². The molecule has 7 heteroatoms. The highest BCUT2D eigenvalue weighted by molar-refractivity contribution is 6.08. The third-order valence-electron chi connectivity index (χ3n) is 3.08. The minimum Gasteiger partial charge on any atom is -0.275 e. The van der Waals surface area contributed by atoms with Crippen molar-refractivity contribution in [2.45, 2.75) is 12.8 Å². The summed E-state index contributed by atoms with van der Waals surface area (Å²) in [5, 5.41) is 14.0. The van der Waals surface area contributed by atoms with E-state index in [2.05, 4.69) is 15.3 Å². The zero-order valence-corrected chi connectivity index (χ0v) is 10.8. The van der Waals surface area contributed by atoms with Crippen molar-refractivity contribution >= 4 is 17.4 Å². The first-order valence-corrected chi connectivity index (χ1v) is 6.02. The van der Waals surface area contributed by atoms with Crippen LogP contribution >= 0.6 is 0 Å². The van der Waals surface area contributed by atoms with Crippen molar-refractivity contribution in [2.24, 2.45) is 19.2 Å². The molecule has 1 aliphatic heterocycles. The zero-order valence-electron chi connectivity index (χ0n) is 10.8. The van der Waals surface area contributed by atoms with Crippen LogP contribution in [-0.2, 0) is 18.9 Å². The van der Waals surface area contributed by atoms with Crippen molar-refractivity contribution < 1.29 is 4.79 Å². The fraction of sp³-hybridized carbons (Fsp3) is 0.333. The smallest absolute Gasteiger partial charge is 0.249 e. The van der Waals surface area contributed by atoms with E-state index in [1.54, 1.807) is 34.9 Å². The van der Waals surface area contributed by atoms with Crippen LogP contribution < -0.4 is 5.01 Å². The van der Waals surface area contributed by atoms with Gasteiger partial charge in [0.05, 0.1) is 18.1 Å². The summed E-state index contributed by atoms with van der Waals surface area (Å²) in [6, 6.07) is 1.77. The van der Waals surface area contributed by atoms with Crippen LogP contribution in [0.3, 0.4) is 0 Å². The summed E-state index contributed by atoms with van der Waals surface area (Å²) < 4.78 is 3.36. The number of carbonyl (C=O) groups excluding carboxylic acids is 1. The maximum absolute atomic E-state index is 12.0. The van der Waals surface area contributed by atoms with E-state index in [9.17, 15) is 4.79 Å². The first-order valence-electron chi connectivity index (χ1n) is 6.02. The highest BCUT2D eigenvalue weighted by Crippen LogP contribution is 2.21. The fourth-order valence-corrected chi connectivity index (χ4v) is 2.08. The van der Waals surface area contributed by atoms with Crippen molar-refractivity contribution in [2.75, 3.05) is 5.01 Å². The lowest BCUT2D eigenvalue weighted by molar-refractivity contribution is -0.118. The van der Waals surface area contributed by atoms with Crippen LogP contribution in [0.2, 0.25) is 0 Å². The molecule has 2 aromatic rings. The monoisotopic (exact) mass is 258 g/mol. The van der Waals surface area contributed by atoms with Crippen molar-refractivity contribution in [3.8, 4) is 0 Å². The molecule has 0 saturated carbocycles. The molecular weight excluding hydrogens is 244 g/mol. The number of amides is 1. The summed E-state index contributed by atoms with van der Waals surface area (Å²) in [4.78, 5) is 12.0. The summed E-state index contributed by atoms with van der Waals surface area (Å²) in [7, 11) is 3.65. The predicted octanol–water partition coefficient (Wildman–Crippen LogP) is 0.685. The first kappa shape index (κ1) is 11.6. The van der Waals surface area contributed by atoms with Crippen molar-refractivity contribution in [1.82, 2.24) is 19.6 Å². The highest BCUT2D eigenvalue weighted by atomic mass is 16.2. The number of anilines is 1. The molecule has 1 aliphatic rings. The average Bonchev–Trinajstić information content (AvgIpc) is 2.99. The lowest BCUT2D eigenvalue weighted by Crippen LogP contribution is -2.33. The molecule has 0 aliphatic carbocycles. The molecule has 0 bridgehead atoms. The Hall–Kier alpha value is -2.44. The number of aryl methyl sites for hydroxylation is 2. The lowest BCUT2D eigenvalue weighted by atomic mass is 10.1. The Kier molecular flexibility index (Phi) is 2.66. The van der Waals surface area contributed by atoms with E-state index in [1.807, 2.05) is 13.2 Å². The third-order valence-corrected chi connectivity index (χ3v) is 3.08. The molecule has 98 valence electrons. The minimum atomic E-state index is -0.0174. The second kappa shape index (κ2) is 4.34. The largest absolute Gasteiger partial charge is 0.275 e. The molecule has 3 heterocycles. The predicted molar refractivity (Wildman–Crippen MR) is 69.7 cm³/mol. The number of nitrogens with zero attached hydrogens (tertiary/aromatic N) is 6. The third kappa shape index (κ3) is 2.03. The van der Waals surface area contributed by atoms with Gasteiger partial charge in [0.15, 0.2) is 5.82 Å². The van der Waals surface area contributed by atoms with Gasteiger partial charge in [-0.1, -0.05) is 0 Å². The van der Waals surface area contributed by atoms with Gasteiger partial charge in [-0.25, -0.2) is 0 Å². The van der Waals surface area contributed by atoms with E-state index in [1.165, 1.54) is 5.01 Å². The second-order valence-electron chi connectivity index (χ2n) is 4.47. The van der Waals surface area contributed by atoms with E-state index in [-0.39, 0.29) is 5.91 Å². The number of carbonyl (C=O) groups is 1. The normalized spacial score (nSPS) is 15.8. The molecule has 2 aromatic heterocycles. The van der Waals surface area contributed by atoms with Gasteiger partial charge in [-0.2, -0.15) is 20.3 Å². The average molecular weight is 258 g/mol. The molecule has 1 amide bonds. The van der Waals surface area contributed by atoms with E-state index >= 15 is 0 Å². The van der Waals surface area contributed by atoms with Crippen LogP contribution in [0.4, 0.5) is 5.82 Å². The zero-order chi connectivity index (χ0) is 13.4. The molecule has 3 rings (SSSR count). The summed E-state index contributed by atoms with van der Waals surface area (Å²) in [5.74, 6) is 0.655. The highest BCUT2D eigenvalue weighted by Gasteiger charge is 2.25. The molecule has 0 N–H and O–H groups in total. The van der Waals surface area contributed by atoms with E-state index < -0.39 is 0 Å². The molecular formula is C12H14N6O. The topological polar surface area (TPSA) is 68.3 Å². The minimum absolute atomic E-state index is 0.0174. The van der Waals surface area contributed by atoms with Crippen LogP contribution in [0.15, 0.2) is 29.8 Å². The number of hydrazone groups is 1. The molecule has 0 atom stereocenters. The van der Waals surface area contributed by atoms with Gasteiger partial charge in [-0.15, -0.1) is 0 Å². The van der Waals surface area contributed by atoms with Gasteiger partial charge in [0, 0.05) is 44.8 Å². The number of hydrogen-bond acceptors (Lipinski definition) is 4. The lowest BCUT2D eigenvalue weighted by Gasteiger charge is -2.22. The summed E-state index contributed by atoms with van der Waals surface area (Å²) in [5.41, 5.74) is 1.82. The molecule has 0 unspecified atom stereocenters. The van der Waals surface area contributed by atoms with Crippen molar-refractivity contribution in [3.05, 3.63) is 30.2 Å². The van der Waals surface area contributed by atoms with Gasteiger partial charge in [-0.05, 0) is 0 Å². The molecule has 0 radical (unpaired) electrons. The standard InChI is InChI=1S/C12H14N6O/c1-16-8-9(7-14-16)10-3-4-12(19)18(15-10)11-5-6-13-17(11)2/h5-8H,3-4H2,1-2H3. The van der Waals surface area contributed by atoms with E-state index in [0.717, 1.165) is 11.3 Å². The Labute approximate surface area is 110 Å². The number of hydrogen-bond donors (Lipinski definition) is 0. The quantitative estimate of drug-likeness (QED) is 0.795. The summed E-state index contributed by atoms with van der Waals surface area (Å²) in [6.45, 7) is 0. The first-order chi connectivity index (χ1) is 9.15. The van der Waals surface area contributed by atoms with Gasteiger partial charge in [0.25, 0.3) is 0 Å². The van der Waals surface area contributed by atoms with E-state index in [0.29, 0.717) is 18.7 Å². The molecule has 0 saturated heterocycles. The van der Waals surface area contributed by atoms with Crippen LogP contribution in [-0.4, -0.2) is 31.2 Å². The summed E-state index contributed by atoms with van der Waals surface area (Å²) >= 11 is 0. The van der Waals surface area contributed by atoms with Gasteiger partial charge in [0.1, 0.15) is 0 Å². The van der Waals surface area contributed by atoms with Gasteiger partial charge >= 0.3 is 0 Å². The van der Waals surface area contributed by atoms with Crippen LogP contribution in [0.5, 0.6) is 0 Å². The maximum Gasteiger partial charge on any atom is 0.249 e. The molecule has 0 spiro atoms. The molecule has 0 fully saturated rings. The van der Waals surface area contributed by atoms with Crippen LogP contribution in [0.25, 0.3) is 0 Å². The van der Waals surface area contributed by atoms with Gasteiger partial charge in [-0.3, -0.25) is 14.2 Å². The summed E-state index contributed by atoms with van der Waals surface area (Å²) in [6.07, 6.45) is 6.39. The van der Waals surface area contributed by atoms with Crippen molar-refractivity contribution in [1.29, 1.82) is 0 Å². The Morgan fingerprint density at radius 2 is 2.05 bits per heavy atom. The Bertz CT molecular complexity index is 653. The fourth-order valence-electron chi connectivity index (χ4n) is 2.08. The van der Waals surface area contributed by atoms with Gasteiger partial charge < -0.3 is 0 Å². The van der Waals surface area contributed by atoms with E-state index in [4.69, 9.17) is 0 Å². The molecule has 19 heavy (non-hydrogen) atoms. The van der Waals surface area contributed by atoms with Gasteiger partial charge in [0.2, 0.25) is 5.91 Å². The SMILES string of the molecule is Cn1cc(C2=NN(c3ccnn3C)C(=O)CC2)cn1. The molecule has 0 aromatic carbocycles. The maximum atomic E-state index is 12.0. The second-order valence-corrected chi connectivity index (χ2v) is 4.47. The Morgan fingerprint density at radius 1 is 1.21 bits per heavy atom. The number of aromatic nitrogens is 4. The van der Waals surface area contributed by atoms with Crippen molar-refractivity contribution in [3.63, 3.8) is 0 Å². The number of rotatable bonds is 2. The Morgan fingerprint density at radius 3 is 2.68 bits per heavy atom. The molecule has 7 nitrogen and oxygen atoms in total.